The van der Waals surface area contributed by atoms with Crippen molar-refractivity contribution in [1.29, 1.82) is 0 Å². The molecule has 1 aromatic heterocycles. The number of para-hydroxylation sites is 1. The van der Waals surface area contributed by atoms with Gasteiger partial charge in [0.05, 0.1) is 17.5 Å². The fraction of sp³-hybridized carbons (Fsp3) is 0.0476. The lowest BCUT2D eigenvalue weighted by atomic mass is 10.2. The smallest absolute Gasteiger partial charge is 0.268 e. The molecule has 27 heavy (non-hydrogen) atoms. The highest BCUT2D eigenvalue weighted by Crippen LogP contribution is 2.27. The first-order valence-electron chi connectivity index (χ1n) is 8.31. The van der Waals surface area contributed by atoms with E-state index in [1.54, 1.807) is 61.8 Å². The van der Waals surface area contributed by atoms with Crippen LogP contribution in [0.1, 0.15) is 0 Å². The topological polar surface area (TPSA) is 57.5 Å². The van der Waals surface area contributed by atoms with Crippen LogP contribution in [-0.4, -0.2) is 19.5 Å². The third kappa shape index (κ3) is 3.27. The third-order valence-electron chi connectivity index (χ3n) is 4.22. The fourth-order valence-electron chi connectivity index (χ4n) is 2.85. The molecule has 0 aliphatic carbocycles. The van der Waals surface area contributed by atoms with E-state index < -0.39 is 10.0 Å². The average Bonchev–Trinajstić information content (AvgIpc) is 3.13. The number of hydrogen-bond acceptors (Lipinski definition) is 4. The van der Waals surface area contributed by atoms with Crippen LogP contribution in [0.5, 0.6) is 17.2 Å². The lowest BCUT2D eigenvalue weighted by Crippen LogP contribution is -2.11. The lowest BCUT2D eigenvalue weighted by Gasteiger charge is -2.10. The summed E-state index contributed by atoms with van der Waals surface area (Å²) in [5, 5.41) is 0.793. The van der Waals surface area contributed by atoms with Crippen molar-refractivity contribution < 1.29 is 17.9 Å². The Morgan fingerprint density at radius 1 is 0.778 bits per heavy atom. The Hall–Kier alpha value is -3.25. The highest BCUT2D eigenvalue weighted by molar-refractivity contribution is 7.90. The monoisotopic (exact) mass is 379 g/mol. The molecule has 0 saturated carbocycles. The number of rotatable bonds is 5. The van der Waals surface area contributed by atoms with Gasteiger partial charge in [-0.25, -0.2) is 12.4 Å². The molecule has 0 radical (unpaired) electrons. The van der Waals surface area contributed by atoms with Crippen LogP contribution in [-0.2, 0) is 10.0 Å². The SMILES string of the molecule is COc1ccc2c(ccn2S(=O)(=O)c2ccc(Oc3ccccc3)cc2)c1. The zero-order valence-electron chi connectivity index (χ0n) is 14.6. The van der Waals surface area contributed by atoms with Crippen LogP contribution in [0, 0.1) is 0 Å². The van der Waals surface area contributed by atoms with Gasteiger partial charge in [0.2, 0.25) is 0 Å². The van der Waals surface area contributed by atoms with Gasteiger partial charge in [-0.3, -0.25) is 0 Å². The molecule has 136 valence electrons. The van der Waals surface area contributed by atoms with Gasteiger partial charge in [0.1, 0.15) is 17.2 Å². The third-order valence-corrected chi connectivity index (χ3v) is 5.93. The predicted molar refractivity (Wildman–Crippen MR) is 104 cm³/mol. The summed E-state index contributed by atoms with van der Waals surface area (Å²) >= 11 is 0. The van der Waals surface area contributed by atoms with Crippen LogP contribution in [0.15, 0.2) is 90.0 Å². The summed E-state index contributed by atoms with van der Waals surface area (Å²) in [5.74, 6) is 1.95. The highest BCUT2D eigenvalue weighted by Gasteiger charge is 2.19. The second-order valence-corrected chi connectivity index (χ2v) is 7.74. The number of nitrogens with zero attached hydrogens (tertiary/aromatic N) is 1. The largest absolute Gasteiger partial charge is 0.497 e. The van der Waals surface area contributed by atoms with E-state index >= 15 is 0 Å². The Labute approximate surface area is 157 Å². The van der Waals surface area contributed by atoms with Crippen molar-refractivity contribution >= 4 is 20.9 Å². The molecule has 0 amide bonds. The molecule has 0 fully saturated rings. The molecule has 3 aromatic carbocycles. The van der Waals surface area contributed by atoms with Crippen molar-refractivity contribution in [2.45, 2.75) is 4.90 Å². The van der Waals surface area contributed by atoms with Gasteiger partial charge in [-0.2, -0.15) is 0 Å². The maximum atomic E-state index is 13.0. The number of hydrogen-bond donors (Lipinski definition) is 0. The molecule has 0 bridgehead atoms. The van der Waals surface area contributed by atoms with Crippen LogP contribution < -0.4 is 9.47 Å². The van der Waals surface area contributed by atoms with E-state index in [2.05, 4.69) is 0 Å². The average molecular weight is 379 g/mol. The summed E-state index contributed by atoms with van der Waals surface area (Å²) < 4.78 is 38.2. The van der Waals surface area contributed by atoms with Crippen molar-refractivity contribution in [3.8, 4) is 17.2 Å². The quantitative estimate of drug-likeness (QED) is 0.505. The van der Waals surface area contributed by atoms with Gasteiger partial charge in [-0.1, -0.05) is 18.2 Å². The summed E-state index contributed by atoms with van der Waals surface area (Å²) in [6, 6.07) is 22.7. The van der Waals surface area contributed by atoms with E-state index in [1.807, 2.05) is 30.3 Å². The van der Waals surface area contributed by atoms with Gasteiger partial charge >= 0.3 is 0 Å². The highest BCUT2D eigenvalue weighted by atomic mass is 32.2. The normalized spacial score (nSPS) is 11.4. The molecule has 4 aromatic rings. The van der Waals surface area contributed by atoms with Crippen molar-refractivity contribution in [1.82, 2.24) is 3.97 Å². The van der Waals surface area contributed by atoms with E-state index in [1.165, 1.54) is 3.97 Å². The Morgan fingerprint density at radius 3 is 2.15 bits per heavy atom. The molecule has 4 rings (SSSR count). The van der Waals surface area contributed by atoms with Crippen molar-refractivity contribution in [3.05, 3.63) is 85.1 Å². The molecule has 1 heterocycles. The van der Waals surface area contributed by atoms with Crippen LogP contribution in [0.4, 0.5) is 0 Å². The summed E-state index contributed by atoms with van der Waals surface area (Å²) in [4.78, 5) is 0.191. The molecule has 0 N–H and O–H groups in total. The van der Waals surface area contributed by atoms with Crippen LogP contribution >= 0.6 is 0 Å². The summed E-state index contributed by atoms with van der Waals surface area (Å²) in [5.41, 5.74) is 0.598. The van der Waals surface area contributed by atoms with Crippen LogP contribution in [0.25, 0.3) is 10.9 Å². The first-order valence-corrected chi connectivity index (χ1v) is 9.75. The maximum Gasteiger partial charge on any atom is 0.268 e. The van der Waals surface area contributed by atoms with E-state index in [4.69, 9.17) is 9.47 Å². The Balaban J connectivity index is 1.66. The van der Waals surface area contributed by atoms with Gasteiger partial charge in [0.25, 0.3) is 10.0 Å². The minimum Gasteiger partial charge on any atom is -0.497 e. The van der Waals surface area contributed by atoms with Gasteiger partial charge < -0.3 is 9.47 Å². The van der Waals surface area contributed by atoms with E-state index in [-0.39, 0.29) is 4.90 Å². The van der Waals surface area contributed by atoms with E-state index in [0.717, 1.165) is 5.39 Å². The summed E-state index contributed by atoms with van der Waals surface area (Å²) in [6.07, 6.45) is 1.55. The van der Waals surface area contributed by atoms with Crippen LogP contribution in [0.3, 0.4) is 0 Å². The summed E-state index contributed by atoms with van der Waals surface area (Å²) in [7, 11) is -2.13. The van der Waals surface area contributed by atoms with Gasteiger partial charge in [0, 0.05) is 11.6 Å². The molecule has 0 aliphatic rings. The minimum atomic E-state index is -3.71. The molecule has 0 unspecified atom stereocenters. The molecule has 5 nitrogen and oxygen atoms in total. The van der Waals surface area contributed by atoms with E-state index in [0.29, 0.717) is 22.8 Å². The number of ether oxygens (including phenoxy) is 2. The standard InChI is InChI=1S/C21H17NO4S/c1-25-19-9-12-21-16(15-19)13-14-22(21)27(23,24)20-10-7-18(8-11-20)26-17-5-3-2-4-6-17/h2-15H,1H3. The number of methoxy groups -OCH3 is 1. The fourth-order valence-corrected chi connectivity index (χ4v) is 4.20. The predicted octanol–water partition coefficient (Wildman–Crippen LogP) is 4.68. The summed E-state index contributed by atoms with van der Waals surface area (Å²) in [6.45, 7) is 0. The molecule has 6 heteroatoms. The van der Waals surface area contributed by atoms with Crippen molar-refractivity contribution in [2.24, 2.45) is 0 Å². The van der Waals surface area contributed by atoms with Crippen molar-refractivity contribution in [3.63, 3.8) is 0 Å². The van der Waals surface area contributed by atoms with Gasteiger partial charge in [-0.05, 0) is 60.7 Å². The number of aromatic nitrogens is 1. The van der Waals surface area contributed by atoms with Crippen LogP contribution in [0.2, 0.25) is 0 Å². The first kappa shape index (κ1) is 17.2. The Kier molecular flexibility index (Phi) is 4.33. The lowest BCUT2D eigenvalue weighted by molar-refractivity contribution is 0.415. The zero-order valence-corrected chi connectivity index (χ0v) is 15.4. The Morgan fingerprint density at radius 2 is 1.44 bits per heavy atom. The molecule has 0 aliphatic heterocycles. The minimum absolute atomic E-state index is 0.191. The second-order valence-electron chi connectivity index (χ2n) is 5.93. The molecule has 0 atom stereocenters. The second kappa shape index (κ2) is 6.81. The first-order chi connectivity index (χ1) is 13.1. The van der Waals surface area contributed by atoms with E-state index in [9.17, 15) is 8.42 Å². The Bertz CT molecular complexity index is 1180. The number of fused-ring (bicyclic) bond motifs is 1. The van der Waals surface area contributed by atoms with Gasteiger partial charge in [-0.15, -0.1) is 0 Å². The molecular weight excluding hydrogens is 362 g/mol. The van der Waals surface area contributed by atoms with Crippen molar-refractivity contribution in [2.75, 3.05) is 7.11 Å². The zero-order chi connectivity index (χ0) is 18.9. The molecular formula is C21H17NO4S. The maximum absolute atomic E-state index is 13.0. The number of benzene rings is 3. The molecule has 0 spiro atoms. The molecule has 0 saturated heterocycles. The van der Waals surface area contributed by atoms with Gasteiger partial charge in [0.15, 0.2) is 0 Å².